The molecule has 1 atom stereocenters. The Hall–Kier alpha value is -1.74. The molecular weight excluding hydrogens is 290 g/mol. The van der Waals surface area contributed by atoms with Crippen molar-refractivity contribution in [2.24, 2.45) is 0 Å². The van der Waals surface area contributed by atoms with Gasteiger partial charge in [0.25, 0.3) is 0 Å². The maximum absolute atomic E-state index is 12.3. The van der Waals surface area contributed by atoms with Crippen molar-refractivity contribution in [3.05, 3.63) is 65.7 Å². The molecular formula is C19H21NOS. The van der Waals surface area contributed by atoms with Crippen molar-refractivity contribution in [2.45, 2.75) is 31.6 Å². The molecule has 0 radical (unpaired) electrons. The van der Waals surface area contributed by atoms with Crippen LogP contribution in [0.3, 0.4) is 0 Å². The first-order valence-electron chi connectivity index (χ1n) is 7.87. The van der Waals surface area contributed by atoms with Crippen LogP contribution in [0.5, 0.6) is 0 Å². The Kier molecular flexibility index (Phi) is 4.84. The van der Waals surface area contributed by atoms with Crippen molar-refractivity contribution in [2.75, 3.05) is 10.7 Å². The lowest BCUT2D eigenvalue weighted by Crippen LogP contribution is -2.27. The van der Waals surface area contributed by atoms with Crippen LogP contribution in [0.4, 0.5) is 5.69 Å². The molecule has 2 aromatic carbocycles. The molecule has 1 heterocycles. The Morgan fingerprint density at radius 3 is 2.50 bits per heavy atom. The van der Waals surface area contributed by atoms with Crippen LogP contribution >= 0.6 is 11.8 Å². The monoisotopic (exact) mass is 311 g/mol. The number of aryl methyl sites for hydroxylation is 1. The maximum atomic E-state index is 12.3. The first-order chi connectivity index (χ1) is 10.8. The van der Waals surface area contributed by atoms with Gasteiger partial charge in [0, 0.05) is 5.69 Å². The fourth-order valence-electron chi connectivity index (χ4n) is 2.77. The summed E-state index contributed by atoms with van der Waals surface area (Å²) in [7, 11) is 0. The van der Waals surface area contributed by atoms with Gasteiger partial charge >= 0.3 is 0 Å². The molecule has 0 bridgehead atoms. The van der Waals surface area contributed by atoms with Crippen LogP contribution in [0, 0.1) is 0 Å². The zero-order valence-corrected chi connectivity index (χ0v) is 13.7. The highest BCUT2D eigenvalue weighted by atomic mass is 32.2. The normalized spacial score (nSPS) is 18.0. The number of benzene rings is 2. The van der Waals surface area contributed by atoms with Crippen molar-refractivity contribution in [1.29, 1.82) is 0 Å². The van der Waals surface area contributed by atoms with Gasteiger partial charge in [-0.15, -0.1) is 11.8 Å². The number of hydrogen-bond acceptors (Lipinski definition) is 2. The van der Waals surface area contributed by atoms with Gasteiger partial charge in [-0.05, 0) is 36.1 Å². The second-order valence-electron chi connectivity index (χ2n) is 5.61. The quantitative estimate of drug-likeness (QED) is 0.790. The number of anilines is 1. The molecule has 0 aliphatic carbocycles. The summed E-state index contributed by atoms with van der Waals surface area (Å²) >= 11 is 1.70. The Labute approximate surface area is 136 Å². The van der Waals surface area contributed by atoms with Crippen LogP contribution in [-0.2, 0) is 11.2 Å². The standard InChI is InChI=1S/C19H21NOS/c1-2-3-7-15-10-12-17(13-11-15)20-18(21)14-22-19(20)16-8-5-4-6-9-16/h4-6,8-13,19H,2-3,7,14H2,1H3/t19-/m0/s1. The highest BCUT2D eigenvalue weighted by Gasteiger charge is 2.33. The van der Waals surface area contributed by atoms with E-state index in [0.717, 1.165) is 12.1 Å². The molecule has 1 amide bonds. The van der Waals surface area contributed by atoms with Gasteiger partial charge in [0.1, 0.15) is 5.37 Å². The number of carbonyl (C=O) groups excluding carboxylic acids is 1. The van der Waals surface area contributed by atoms with Gasteiger partial charge in [-0.25, -0.2) is 0 Å². The Bertz CT molecular complexity index is 624. The van der Waals surface area contributed by atoms with Crippen molar-refractivity contribution in [1.82, 2.24) is 0 Å². The highest BCUT2D eigenvalue weighted by molar-refractivity contribution is 8.00. The third-order valence-electron chi connectivity index (χ3n) is 3.99. The van der Waals surface area contributed by atoms with E-state index < -0.39 is 0 Å². The Morgan fingerprint density at radius 2 is 1.82 bits per heavy atom. The Morgan fingerprint density at radius 1 is 1.09 bits per heavy atom. The van der Waals surface area contributed by atoms with Gasteiger partial charge in [0.15, 0.2) is 0 Å². The fourth-order valence-corrected chi connectivity index (χ4v) is 3.95. The predicted molar refractivity (Wildman–Crippen MR) is 94.2 cm³/mol. The largest absolute Gasteiger partial charge is 0.295 e. The van der Waals surface area contributed by atoms with Crippen LogP contribution in [0.15, 0.2) is 54.6 Å². The van der Waals surface area contributed by atoms with E-state index >= 15 is 0 Å². The molecule has 1 aliphatic rings. The van der Waals surface area contributed by atoms with Crippen molar-refractivity contribution < 1.29 is 4.79 Å². The fraction of sp³-hybridized carbons (Fsp3) is 0.316. The van der Waals surface area contributed by atoms with E-state index in [4.69, 9.17) is 0 Å². The topological polar surface area (TPSA) is 20.3 Å². The minimum Gasteiger partial charge on any atom is -0.295 e. The SMILES string of the molecule is CCCCc1ccc(N2C(=O)CS[C@H]2c2ccccc2)cc1. The molecule has 22 heavy (non-hydrogen) atoms. The molecule has 2 aromatic rings. The average molecular weight is 311 g/mol. The summed E-state index contributed by atoms with van der Waals surface area (Å²) in [6, 6.07) is 18.8. The van der Waals surface area contributed by atoms with Gasteiger partial charge in [-0.1, -0.05) is 55.8 Å². The van der Waals surface area contributed by atoms with E-state index in [1.54, 1.807) is 11.8 Å². The highest BCUT2D eigenvalue weighted by Crippen LogP contribution is 2.41. The van der Waals surface area contributed by atoms with E-state index in [1.165, 1.54) is 24.0 Å². The minimum absolute atomic E-state index is 0.0928. The molecule has 114 valence electrons. The van der Waals surface area contributed by atoms with Crippen LogP contribution < -0.4 is 4.90 Å². The summed E-state index contributed by atoms with van der Waals surface area (Å²) in [5, 5.41) is 0.0928. The van der Waals surface area contributed by atoms with Crippen LogP contribution in [0.25, 0.3) is 0 Å². The van der Waals surface area contributed by atoms with Crippen LogP contribution in [0.2, 0.25) is 0 Å². The predicted octanol–water partition coefficient (Wildman–Crippen LogP) is 4.81. The van der Waals surface area contributed by atoms with Crippen LogP contribution in [0.1, 0.15) is 36.3 Å². The number of unbranched alkanes of at least 4 members (excludes halogenated alkanes) is 1. The summed E-state index contributed by atoms with van der Waals surface area (Å²) in [5.41, 5.74) is 3.54. The first-order valence-corrected chi connectivity index (χ1v) is 8.92. The Balaban J connectivity index is 1.83. The summed E-state index contributed by atoms with van der Waals surface area (Å²) < 4.78 is 0. The van der Waals surface area contributed by atoms with Crippen molar-refractivity contribution in [3.8, 4) is 0 Å². The molecule has 0 saturated carbocycles. The average Bonchev–Trinajstić information content (AvgIpc) is 2.96. The van der Waals surface area contributed by atoms with Crippen LogP contribution in [-0.4, -0.2) is 11.7 Å². The lowest BCUT2D eigenvalue weighted by molar-refractivity contribution is -0.115. The molecule has 1 saturated heterocycles. The zero-order chi connectivity index (χ0) is 15.4. The molecule has 1 aliphatic heterocycles. The number of carbonyl (C=O) groups is 1. The maximum Gasteiger partial charge on any atom is 0.238 e. The summed E-state index contributed by atoms with van der Waals surface area (Å²) in [6.45, 7) is 2.21. The van der Waals surface area contributed by atoms with E-state index in [2.05, 4.69) is 43.3 Å². The third kappa shape index (κ3) is 3.20. The first kappa shape index (κ1) is 15.2. The van der Waals surface area contributed by atoms with Gasteiger partial charge in [-0.3, -0.25) is 9.69 Å². The molecule has 2 nitrogen and oxygen atoms in total. The minimum atomic E-state index is 0.0928. The van der Waals surface area contributed by atoms with E-state index in [-0.39, 0.29) is 11.3 Å². The van der Waals surface area contributed by atoms with Gasteiger partial charge in [0.2, 0.25) is 5.91 Å². The molecule has 3 rings (SSSR count). The third-order valence-corrected chi connectivity index (χ3v) is 5.20. The zero-order valence-electron chi connectivity index (χ0n) is 12.9. The smallest absolute Gasteiger partial charge is 0.238 e. The number of nitrogens with zero attached hydrogens (tertiary/aromatic N) is 1. The van der Waals surface area contributed by atoms with Gasteiger partial charge in [-0.2, -0.15) is 0 Å². The van der Waals surface area contributed by atoms with E-state index in [9.17, 15) is 4.79 Å². The number of hydrogen-bond donors (Lipinski definition) is 0. The number of thioether (sulfide) groups is 1. The summed E-state index contributed by atoms with van der Waals surface area (Å²) in [5.74, 6) is 0.747. The lowest BCUT2D eigenvalue weighted by Gasteiger charge is -2.24. The second-order valence-corrected chi connectivity index (χ2v) is 6.68. The van der Waals surface area contributed by atoms with Gasteiger partial charge in [0.05, 0.1) is 5.75 Å². The second kappa shape index (κ2) is 7.01. The molecule has 3 heteroatoms. The van der Waals surface area contributed by atoms with Crippen molar-refractivity contribution in [3.63, 3.8) is 0 Å². The van der Waals surface area contributed by atoms with Gasteiger partial charge < -0.3 is 0 Å². The molecule has 0 N–H and O–H groups in total. The van der Waals surface area contributed by atoms with E-state index in [0.29, 0.717) is 5.75 Å². The molecule has 0 spiro atoms. The molecule has 0 unspecified atom stereocenters. The molecule has 1 fully saturated rings. The summed E-state index contributed by atoms with van der Waals surface area (Å²) in [6.07, 6.45) is 3.53. The van der Waals surface area contributed by atoms with Crippen molar-refractivity contribution >= 4 is 23.4 Å². The number of rotatable bonds is 5. The summed E-state index contributed by atoms with van der Waals surface area (Å²) in [4.78, 5) is 14.3. The lowest BCUT2D eigenvalue weighted by atomic mass is 10.1. The molecule has 0 aromatic heterocycles. The van der Waals surface area contributed by atoms with E-state index in [1.807, 2.05) is 23.1 Å². The number of amides is 1.